The topological polar surface area (TPSA) is 63.7 Å². The van der Waals surface area contributed by atoms with Gasteiger partial charge in [0, 0.05) is 13.1 Å². The number of benzene rings is 1. The van der Waals surface area contributed by atoms with Crippen molar-refractivity contribution >= 4 is 15.7 Å². The van der Waals surface area contributed by atoms with E-state index in [1.54, 1.807) is 0 Å². The van der Waals surface area contributed by atoms with E-state index in [2.05, 4.69) is 0 Å². The van der Waals surface area contributed by atoms with Gasteiger partial charge < -0.3 is 9.64 Å². The maximum absolute atomic E-state index is 12.5. The molecular weight excluding hydrogens is 335 g/mol. The number of amides is 1. The van der Waals surface area contributed by atoms with Crippen LogP contribution in [0.3, 0.4) is 0 Å². The number of piperidine rings is 1. The summed E-state index contributed by atoms with van der Waals surface area (Å²) in [5, 5.41) is -0.798. The van der Waals surface area contributed by atoms with Gasteiger partial charge in [-0.05, 0) is 37.1 Å². The van der Waals surface area contributed by atoms with Crippen LogP contribution in [0.4, 0.5) is 13.2 Å². The fourth-order valence-corrected chi connectivity index (χ4v) is 4.24. The van der Waals surface area contributed by atoms with Crippen molar-refractivity contribution in [1.82, 2.24) is 4.90 Å². The Balaban J connectivity index is 2.07. The van der Waals surface area contributed by atoms with Gasteiger partial charge in [-0.25, -0.2) is 8.42 Å². The summed E-state index contributed by atoms with van der Waals surface area (Å²) < 4.78 is 67.1. The molecule has 1 saturated heterocycles. The second-order valence-corrected chi connectivity index (χ2v) is 7.44. The first-order chi connectivity index (χ1) is 10.7. The molecule has 0 N–H and O–H groups in total. The Morgan fingerprint density at radius 1 is 1.17 bits per heavy atom. The molecule has 0 bridgehead atoms. The lowest BCUT2D eigenvalue weighted by Crippen LogP contribution is -2.47. The number of alkyl halides is 3. The Kier molecular flexibility index (Phi) is 4.88. The minimum absolute atomic E-state index is 0.0177. The number of rotatable bonds is 3. The number of hydrogen-bond donors (Lipinski definition) is 0. The molecule has 23 heavy (non-hydrogen) atoms. The zero-order valence-electron chi connectivity index (χ0n) is 12.3. The summed E-state index contributed by atoms with van der Waals surface area (Å²) in [7, 11) is -2.19. The van der Waals surface area contributed by atoms with Gasteiger partial charge in [0.25, 0.3) is 0 Å². The molecule has 5 nitrogen and oxygen atoms in total. The third-order valence-corrected chi connectivity index (χ3v) is 6.08. The van der Waals surface area contributed by atoms with Gasteiger partial charge in [0.15, 0.2) is 9.84 Å². The quantitative estimate of drug-likeness (QED) is 0.836. The SMILES string of the molecule is COc1ccc(S(=O)(=O)C2CCN(C(=O)C(F)(F)F)CC2)cc1. The highest BCUT2D eigenvalue weighted by Crippen LogP contribution is 2.28. The summed E-state index contributed by atoms with van der Waals surface area (Å²) >= 11 is 0. The summed E-state index contributed by atoms with van der Waals surface area (Å²) in [6.45, 7) is -0.448. The first kappa shape index (κ1) is 17.6. The van der Waals surface area contributed by atoms with Gasteiger partial charge in [-0.2, -0.15) is 13.2 Å². The molecule has 9 heteroatoms. The van der Waals surface area contributed by atoms with Gasteiger partial charge in [0.1, 0.15) is 5.75 Å². The van der Waals surface area contributed by atoms with Crippen molar-refractivity contribution in [3.8, 4) is 5.75 Å². The van der Waals surface area contributed by atoms with Gasteiger partial charge >= 0.3 is 12.1 Å². The molecule has 0 radical (unpaired) electrons. The number of hydrogen-bond acceptors (Lipinski definition) is 4. The zero-order chi connectivity index (χ0) is 17.3. The minimum atomic E-state index is -4.93. The van der Waals surface area contributed by atoms with Crippen LogP contribution < -0.4 is 4.74 Å². The molecule has 0 spiro atoms. The highest BCUT2D eigenvalue weighted by molar-refractivity contribution is 7.92. The number of halogens is 3. The van der Waals surface area contributed by atoms with E-state index in [4.69, 9.17) is 4.74 Å². The fraction of sp³-hybridized carbons (Fsp3) is 0.500. The molecule has 0 atom stereocenters. The van der Waals surface area contributed by atoms with Crippen molar-refractivity contribution in [3.63, 3.8) is 0 Å². The van der Waals surface area contributed by atoms with E-state index < -0.39 is 27.2 Å². The van der Waals surface area contributed by atoms with Gasteiger partial charge in [0.2, 0.25) is 0 Å². The third kappa shape index (κ3) is 3.77. The molecule has 1 fully saturated rings. The number of ether oxygens (including phenoxy) is 1. The van der Waals surface area contributed by atoms with Crippen LogP contribution in [0.25, 0.3) is 0 Å². The van der Waals surface area contributed by atoms with Crippen LogP contribution in [0.15, 0.2) is 29.2 Å². The van der Waals surface area contributed by atoms with Crippen molar-refractivity contribution in [1.29, 1.82) is 0 Å². The number of carbonyl (C=O) groups excluding carboxylic acids is 1. The Hall–Kier alpha value is -1.77. The lowest BCUT2D eigenvalue weighted by Gasteiger charge is -2.32. The molecule has 0 aliphatic carbocycles. The number of likely N-dealkylation sites (tertiary alicyclic amines) is 1. The standard InChI is InChI=1S/C14H16F3NO4S/c1-22-10-2-4-11(5-3-10)23(20,21)12-6-8-18(9-7-12)13(19)14(15,16)17/h2-5,12H,6-9H2,1H3. The van der Waals surface area contributed by atoms with Crippen molar-refractivity contribution in [3.05, 3.63) is 24.3 Å². The molecule has 1 heterocycles. The molecule has 0 aromatic heterocycles. The van der Waals surface area contributed by atoms with Gasteiger partial charge in [-0.3, -0.25) is 4.79 Å². The number of carbonyl (C=O) groups is 1. The summed E-state index contributed by atoms with van der Waals surface area (Å²) in [5.41, 5.74) is 0. The Labute approximate surface area is 132 Å². The second-order valence-electron chi connectivity index (χ2n) is 5.21. The lowest BCUT2D eigenvalue weighted by atomic mass is 10.1. The van der Waals surface area contributed by atoms with E-state index >= 15 is 0 Å². The van der Waals surface area contributed by atoms with Gasteiger partial charge in [0.05, 0.1) is 17.3 Å². The molecule has 1 aromatic carbocycles. The molecule has 0 saturated carbocycles. The van der Waals surface area contributed by atoms with E-state index in [1.807, 2.05) is 0 Å². The Morgan fingerprint density at radius 3 is 2.13 bits per heavy atom. The van der Waals surface area contributed by atoms with Crippen LogP contribution in [-0.4, -0.2) is 50.9 Å². The zero-order valence-corrected chi connectivity index (χ0v) is 13.2. The number of nitrogens with zero attached hydrogens (tertiary/aromatic N) is 1. The van der Waals surface area contributed by atoms with Crippen LogP contribution in [0, 0.1) is 0 Å². The smallest absolute Gasteiger partial charge is 0.471 e. The van der Waals surface area contributed by atoms with Crippen LogP contribution in [0.2, 0.25) is 0 Å². The van der Waals surface area contributed by atoms with E-state index in [0.717, 1.165) is 0 Å². The number of sulfone groups is 1. The monoisotopic (exact) mass is 351 g/mol. The first-order valence-corrected chi connectivity index (χ1v) is 8.45. The summed E-state index contributed by atoms with van der Waals surface area (Å²) in [6.07, 6.45) is -4.96. The average Bonchev–Trinajstić information content (AvgIpc) is 2.53. The fourth-order valence-electron chi connectivity index (χ4n) is 2.51. The minimum Gasteiger partial charge on any atom is -0.497 e. The van der Waals surface area contributed by atoms with Crippen LogP contribution in [0.5, 0.6) is 5.75 Å². The molecule has 1 aliphatic rings. The molecule has 1 amide bonds. The first-order valence-electron chi connectivity index (χ1n) is 6.90. The van der Waals surface area contributed by atoms with E-state index in [1.165, 1.54) is 31.4 Å². The predicted molar refractivity (Wildman–Crippen MR) is 75.8 cm³/mol. The maximum Gasteiger partial charge on any atom is 0.471 e. The van der Waals surface area contributed by atoms with Gasteiger partial charge in [-0.15, -0.1) is 0 Å². The molecule has 1 aliphatic heterocycles. The molecule has 0 unspecified atom stereocenters. The predicted octanol–water partition coefficient (Wildman–Crippen LogP) is 2.02. The lowest BCUT2D eigenvalue weighted by molar-refractivity contribution is -0.186. The molecular formula is C14H16F3NO4S. The molecule has 2 rings (SSSR count). The largest absolute Gasteiger partial charge is 0.497 e. The average molecular weight is 351 g/mol. The van der Waals surface area contributed by atoms with Crippen LogP contribution >= 0.6 is 0 Å². The van der Waals surface area contributed by atoms with E-state index in [-0.39, 0.29) is 30.8 Å². The normalized spacial score (nSPS) is 17.1. The Bertz CT molecular complexity index is 662. The second kappa shape index (κ2) is 6.38. The highest BCUT2D eigenvalue weighted by atomic mass is 32.2. The maximum atomic E-state index is 12.5. The third-order valence-electron chi connectivity index (χ3n) is 3.80. The summed E-state index contributed by atoms with van der Waals surface area (Å²) in [6, 6.07) is 5.83. The molecule has 128 valence electrons. The van der Waals surface area contributed by atoms with Crippen LogP contribution in [0.1, 0.15) is 12.8 Å². The van der Waals surface area contributed by atoms with Crippen molar-refractivity contribution in [2.24, 2.45) is 0 Å². The number of methoxy groups -OCH3 is 1. The van der Waals surface area contributed by atoms with Crippen molar-refractivity contribution in [2.75, 3.05) is 20.2 Å². The van der Waals surface area contributed by atoms with Crippen molar-refractivity contribution in [2.45, 2.75) is 29.2 Å². The van der Waals surface area contributed by atoms with Gasteiger partial charge in [-0.1, -0.05) is 0 Å². The molecule has 1 aromatic rings. The summed E-state index contributed by atoms with van der Waals surface area (Å²) in [4.78, 5) is 11.9. The van der Waals surface area contributed by atoms with Crippen molar-refractivity contribution < 1.29 is 31.1 Å². The summed E-state index contributed by atoms with van der Waals surface area (Å²) in [5.74, 6) is -1.41. The van der Waals surface area contributed by atoms with E-state index in [9.17, 15) is 26.4 Å². The van der Waals surface area contributed by atoms with Crippen LogP contribution in [-0.2, 0) is 14.6 Å². The Morgan fingerprint density at radius 2 is 1.70 bits per heavy atom. The highest BCUT2D eigenvalue weighted by Gasteiger charge is 2.44. The van der Waals surface area contributed by atoms with E-state index in [0.29, 0.717) is 10.6 Å².